The van der Waals surface area contributed by atoms with Crippen LogP contribution in [0, 0.1) is 6.92 Å². The van der Waals surface area contributed by atoms with Gasteiger partial charge in [0.05, 0.1) is 5.56 Å². The fourth-order valence-corrected chi connectivity index (χ4v) is 2.23. The predicted molar refractivity (Wildman–Crippen MR) is 53.5 cm³/mol. The lowest BCUT2D eigenvalue weighted by molar-refractivity contribution is 0.0698. The van der Waals surface area contributed by atoms with Crippen molar-refractivity contribution in [2.24, 2.45) is 0 Å². The van der Waals surface area contributed by atoms with Gasteiger partial charge in [0, 0.05) is 10.1 Å². The van der Waals surface area contributed by atoms with E-state index in [2.05, 4.69) is 0 Å². The second-order valence-corrected chi connectivity index (χ2v) is 3.84. The Balaban J connectivity index is 2.88. The number of carbonyl (C=O) groups is 1. The molecule has 13 heavy (non-hydrogen) atoms. The molecular formula is C10H8O2S. The number of aryl methyl sites for hydroxylation is 1. The third-order valence-electron chi connectivity index (χ3n) is 2.06. The maximum Gasteiger partial charge on any atom is 0.336 e. The monoisotopic (exact) mass is 192 g/mol. The van der Waals surface area contributed by atoms with Crippen LogP contribution in [0.1, 0.15) is 15.9 Å². The average Bonchev–Trinajstić information content (AvgIpc) is 2.50. The third-order valence-corrected chi connectivity index (χ3v) is 2.94. The van der Waals surface area contributed by atoms with Gasteiger partial charge in [-0.15, -0.1) is 11.3 Å². The molecular weight excluding hydrogens is 184 g/mol. The first-order valence-electron chi connectivity index (χ1n) is 3.90. The third kappa shape index (κ3) is 1.21. The Morgan fingerprint density at radius 1 is 1.38 bits per heavy atom. The zero-order valence-electron chi connectivity index (χ0n) is 7.07. The molecule has 0 bridgehead atoms. The highest BCUT2D eigenvalue weighted by Crippen LogP contribution is 2.26. The molecule has 0 aliphatic heterocycles. The van der Waals surface area contributed by atoms with Gasteiger partial charge in [-0.25, -0.2) is 4.79 Å². The highest BCUT2D eigenvalue weighted by Gasteiger charge is 2.11. The van der Waals surface area contributed by atoms with E-state index < -0.39 is 5.97 Å². The zero-order chi connectivity index (χ0) is 9.42. The lowest BCUT2D eigenvalue weighted by atomic mass is 10.1. The number of fused-ring (bicyclic) bond motifs is 1. The van der Waals surface area contributed by atoms with Gasteiger partial charge in [0.15, 0.2) is 0 Å². The minimum absolute atomic E-state index is 0.429. The van der Waals surface area contributed by atoms with Crippen molar-refractivity contribution < 1.29 is 9.90 Å². The Bertz CT molecular complexity index is 471. The maximum atomic E-state index is 10.9. The quantitative estimate of drug-likeness (QED) is 0.754. The van der Waals surface area contributed by atoms with Gasteiger partial charge < -0.3 is 5.11 Å². The minimum Gasteiger partial charge on any atom is -0.478 e. The Morgan fingerprint density at radius 3 is 2.85 bits per heavy atom. The Morgan fingerprint density at radius 2 is 2.15 bits per heavy atom. The van der Waals surface area contributed by atoms with Crippen LogP contribution in [0.3, 0.4) is 0 Å². The molecule has 1 aromatic heterocycles. The molecule has 3 heteroatoms. The second kappa shape index (κ2) is 2.85. The summed E-state index contributed by atoms with van der Waals surface area (Å²) in [5.74, 6) is -0.846. The summed E-state index contributed by atoms with van der Waals surface area (Å²) in [5, 5.41) is 11.7. The molecule has 0 fully saturated rings. The van der Waals surface area contributed by atoms with Crippen LogP contribution >= 0.6 is 11.3 Å². The summed E-state index contributed by atoms with van der Waals surface area (Å²) in [6.45, 7) is 1.82. The van der Waals surface area contributed by atoms with Gasteiger partial charge in [-0.3, -0.25) is 0 Å². The molecule has 0 aliphatic carbocycles. The topological polar surface area (TPSA) is 37.3 Å². The van der Waals surface area contributed by atoms with Crippen molar-refractivity contribution in [2.75, 3.05) is 0 Å². The van der Waals surface area contributed by atoms with Crippen LogP contribution in [0.2, 0.25) is 0 Å². The minimum atomic E-state index is -0.846. The van der Waals surface area contributed by atoms with E-state index in [0.29, 0.717) is 5.56 Å². The van der Waals surface area contributed by atoms with E-state index >= 15 is 0 Å². The number of hydrogen-bond acceptors (Lipinski definition) is 2. The molecule has 2 rings (SSSR count). The number of thiophene rings is 1. The van der Waals surface area contributed by atoms with Crippen LogP contribution in [-0.4, -0.2) is 11.1 Å². The fourth-order valence-electron chi connectivity index (χ4n) is 1.44. The van der Waals surface area contributed by atoms with Gasteiger partial charge in [-0.2, -0.15) is 0 Å². The van der Waals surface area contributed by atoms with Gasteiger partial charge in [0.1, 0.15) is 0 Å². The lowest BCUT2D eigenvalue weighted by Gasteiger charge is -2.01. The number of benzene rings is 1. The van der Waals surface area contributed by atoms with Crippen molar-refractivity contribution in [1.82, 2.24) is 0 Å². The Hall–Kier alpha value is -1.35. The van der Waals surface area contributed by atoms with E-state index in [1.165, 1.54) is 0 Å². The first-order valence-corrected chi connectivity index (χ1v) is 4.78. The van der Waals surface area contributed by atoms with Gasteiger partial charge in [-0.1, -0.05) is 6.07 Å². The van der Waals surface area contributed by atoms with Gasteiger partial charge in [-0.05, 0) is 30.0 Å². The zero-order valence-corrected chi connectivity index (χ0v) is 7.89. The van der Waals surface area contributed by atoms with Crippen LogP contribution in [-0.2, 0) is 0 Å². The van der Waals surface area contributed by atoms with E-state index in [0.717, 1.165) is 15.6 Å². The first-order chi connectivity index (χ1) is 6.20. The first kappa shape index (κ1) is 8.26. The molecule has 2 nitrogen and oxygen atoms in total. The second-order valence-electron chi connectivity index (χ2n) is 2.90. The maximum absolute atomic E-state index is 10.9. The van der Waals surface area contributed by atoms with Crippen molar-refractivity contribution in [1.29, 1.82) is 0 Å². The standard InChI is InChI=1S/C10H8O2S/c1-6-2-3-8-7(4-5-13-8)9(6)10(11)12/h2-5H,1H3,(H,11,12). The summed E-state index contributed by atoms with van der Waals surface area (Å²) in [7, 11) is 0. The van der Waals surface area contributed by atoms with E-state index in [4.69, 9.17) is 5.11 Å². The highest BCUT2D eigenvalue weighted by molar-refractivity contribution is 7.17. The van der Waals surface area contributed by atoms with Crippen molar-refractivity contribution >= 4 is 27.4 Å². The lowest BCUT2D eigenvalue weighted by Crippen LogP contribution is -1.99. The van der Waals surface area contributed by atoms with Gasteiger partial charge in [0.25, 0.3) is 0 Å². The molecule has 1 heterocycles. The van der Waals surface area contributed by atoms with Crippen LogP contribution in [0.5, 0.6) is 0 Å². The molecule has 1 N–H and O–H groups in total. The normalized spacial score (nSPS) is 10.5. The van der Waals surface area contributed by atoms with Crippen LogP contribution in [0.15, 0.2) is 23.6 Å². The summed E-state index contributed by atoms with van der Waals surface area (Å²) in [4.78, 5) is 10.9. The summed E-state index contributed by atoms with van der Waals surface area (Å²) < 4.78 is 1.03. The Kier molecular flexibility index (Phi) is 1.81. The molecule has 0 unspecified atom stereocenters. The summed E-state index contributed by atoms with van der Waals surface area (Å²) in [6, 6.07) is 5.67. The van der Waals surface area contributed by atoms with E-state index in [1.807, 2.05) is 30.5 Å². The fraction of sp³-hybridized carbons (Fsp3) is 0.100. The van der Waals surface area contributed by atoms with Crippen molar-refractivity contribution in [3.8, 4) is 0 Å². The molecule has 66 valence electrons. The molecule has 0 saturated carbocycles. The molecule has 0 aliphatic rings. The number of carboxylic acids is 1. The molecule has 1 aromatic carbocycles. The number of rotatable bonds is 1. The smallest absolute Gasteiger partial charge is 0.336 e. The van der Waals surface area contributed by atoms with Crippen LogP contribution in [0.4, 0.5) is 0 Å². The van der Waals surface area contributed by atoms with E-state index in [1.54, 1.807) is 11.3 Å². The molecule has 0 radical (unpaired) electrons. The molecule has 2 aromatic rings. The predicted octanol–water partition coefficient (Wildman–Crippen LogP) is 2.91. The Labute approximate surface area is 79.4 Å². The van der Waals surface area contributed by atoms with E-state index in [9.17, 15) is 4.79 Å². The van der Waals surface area contributed by atoms with Crippen LogP contribution in [0.25, 0.3) is 10.1 Å². The van der Waals surface area contributed by atoms with Crippen LogP contribution < -0.4 is 0 Å². The van der Waals surface area contributed by atoms with Gasteiger partial charge in [0.2, 0.25) is 0 Å². The number of aromatic carboxylic acids is 1. The molecule has 0 saturated heterocycles. The SMILES string of the molecule is Cc1ccc2sccc2c1C(=O)O. The highest BCUT2D eigenvalue weighted by atomic mass is 32.1. The van der Waals surface area contributed by atoms with Crippen molar-refractivity contribution in [3.63, 3.8) is 0 Å². The van der Waals surface area contributed by atoms with Gasteiger partial charge >= 0.3 is 5.97 Å². The molecule has 0 spiro atoms. The molecule has 0 amide bonds. The number of carboxylic acid groups (broad SMARTS) is 1. The summed E-state index contributed by atoms with van der Waals surface area (Å²) in [5.41, 5.74) is 1.25. The van der Waals surface area contributed by atoms with E-state index in [-0.39, 0.29) is 0 Å². The largest absolute Gasteiger partial charge is 0.478 e. The average molecular weight is 192 g/mol. The van der Waals surface area contributed by atoms with Crippen molar-refractivity contribution in [2.45, 2.75) is 6.92 Å². The summed E-state index contributed by atoms with van der Waals surface area (Å²) in [6.07, 6.45) is 0. The summed E-state index contributed by atoms with van der Waals surface area (Å²) >= 11 is 1.56. The van der Waals surface area contributed by atoms with Crippen molar-refractivity contribution in [3.05, 3.63) is 34.7 Å². The molecule has 0 atom stereocenters. The number of hydrogen-bond donors (Lipinski definition) is 1.